The molecule has 1 N–H and O–H groups in total. The third-order valence-electron chi connectivity index (χ3n) is 5.85. The van der Waals surface area contributed by atoms with E-state index in [9.17, 15) is 9.90 Å². The third-order valence-corrected chi connectivity index (χ3v) is 5.85. The highest BCUT2D eigenvalue weighted by Crippen LogP contribution is 2.46. The second kappa shape index (κ2) is 7.00. The summed E-state index contributed by atoms with van der Waals surface area (Å²) in [7, 11) is 0. The van der Waals surface area contributed by atoms with Gasteiger partial charge in [-0.15, -0.1) is 0 Å². The van der Waals surface area contributed by atoms with Crippen LogP contribution in [-0.4, -0.2) is 38.0 Å². The molecule has 27 heavy (non-hydrogen) atoms. The summed E-state index contributed by atoms with van der Waals surface area (Å²) in [5, 5.41) is 15.7. The van der Waals surface area contributed by atoms with Crippen molar-refractivity contribution in [3.05, 3.63) is 53.9 Å². The standard InChI is InChI=1S/C21H27N3O3/c1-15(2)23-13-17(12-22-23)21(26)10-18-8-9-19(11-21)24(18)20(25)27-14-16-6-4-3-5-7-16/h3-7,12-13,15,18-19,26H,8-11,14H2,1-2H3. The molecule has 2 atom stereocenters. The Morgan fingerprint density at radius 3 is 2.52 bits per heavy atom. The Kier molecular flexibility index (Phi) is 4.68. The first-order valence-electron chi connectivity index (χ1n) is 9.72. The fourth-order valence-electron chi connectivity index (χ4n) is 4.41. The molecular formula is C21H27N3O3. The molecule has 2 unspecified atom stereocenters. The van der Waals surface area contributed by atoms with Crippen molar-refractivity contribution < 1.29 is 14.6 Å². The Bertz CT molecular complexity index is 788. The van der Waals surface area contributed by atoms with Crippen LogP contribution in [0, 0.1) is 0 Å². The molecule has 6 heteroatoms. The molecule has 0 saturated carbocycles. The van der Waals surface area contributed by atoms with E-state index in [1.54, 1.807) is 6.20 Å². The molecule has 1 amide bonds. The van der Waals surface area contributed by atoms with Crippen molar-refractivity contribution in [2.75, 3.05) is 0 Å². The Morgan fingerprint density at radius 2 is 1.93 bits per heavy atom. The zero-order chi connectivity index (χ0) is 19.0. The molecule has 0 aliphatic carbocycles. The Balaban J connectivity index is 1.44. The van der Waals surface area contributed by atoms with E-state index >= 15 is 0 Å². The van der Waals surface area contributed by atoms with Gasteiger partial charge in [0.15, 0.2) is 0 Å². The maximum atomic E-state index is 12.7. The van der Waals surface area contributed by atoms with Crippen molar-refractivity contribution in [3.8, 4) is 0 Å². The summed E-state index contributed by atoms with van der Waals surface area (Å²) in [6.45, 7) is 4.41. The quantitative estimate of drug-likeness (QED) is 0.894. The van der Waals surface area contributed by atoms with Gasteiger partial charge < -0.3 is 14.7 Å². The van der Waals surface area contributed by atoms with Gasteiger partial charge in [0.1, 0.15) is 6.61 Å². The van der Waals surface area contributed by atoms with Gasteiger partial charge in [0.05, 0.1) is 11.8 Å². The predicted molar refractivity (Wildman–Crippen MR) is 101 cm³/mol. The maximum absolute atomic E-state index is 12.7. The number of nitrogens with zero attached hydrogens (tertiary/aromatic N) is 3. The zero-order valence-electron chi connectivity index (χ0n) is 15.9. The van der Waals surface area contributed by atoms with Crippen LogP contribution in [0.25, 0.3) is 0 Å². The molecule has 1 aromatic heterocycles. The molecule has 0 radical (unpaired) electrons. The lowest BCUT2D eigenvalue weighted by molar-refractivity contribution is -0.0537. The summed E-state index contributed by atoms with van der Waals surface area (Å²) in [5.74, 6) is 0. The normalized spacial score (nSPS) is 27.2. The maximum Gasteiger partial charge on any atom is 0.410 e. The van der Waals surface area contributed by atoms with Crippen LogP contribution in [-0.2, 0) is 16.9 Å². The number of aromatic nitrogens is 2. The first kappa shape index (κ1) is 18.0. The number of hydrogen-bond donors (Lipinski definition) is 1. The third kappa shape index (κ3) is 3.46. The number of piperidine rings is 1. The van der Waals surface area contributed by atoms with Gasteiger partial charge in [-0.05, 0) is 32.3 Å². The topological polar surface area (TPSA) is 67.6 Å². The van der Waals surface area contributed by atoms with Crippen molar-refractivity contribution in [1.29, 1.82) is 0 Å². The van der Waals surface area contributed by atoms with Crippen molar-refractivity contribution in [2.45, 2.75) is 69.9 Å². The van der Waals surface area contributed by atoms with Gasteiger partial charge in [0.25, 0.3) is 0 Å². The molecule has 2 aromatic rings. The second-order valence-electron chi connectivity index (χ2n) is 8.08. The number of carbonyl (C=O) groups excluding carboxylic acids is 1. The van der Waals surface area contributed by atoms with Crippen LogP contribution in [0.15, 0.2) is 42.7 Å². The van der Waals surface area contributed by atoms with Crippen LogP contribution in [0.1, 0.15) is 56.7 Å². The van der Waals surface area contributed by atoms with Gasteiger partial charge >= 0.3 is 6.09 Å². The lowest BCUT2D eigenvalue weighted by Crippen LogP contribution is -2.52. The Hall–Kier alpha value is -2.34. The molecule has 2 aliphatic heterocycles. The number of carbonyl (C=O) groups is 1. The average Bonchev–Trinajstić information content (AvgIpc) is 3.26. The molecule has 2 fully saturated rings. The van der Waals surface area contributed by atoms with Gasteiger partial charge in [-0.3, -0.25) is 4.68 Å². The number of hydrogen-bond acceptors (Lipinski definition) is 4. The summed E-state index contributed by atoms with van der Waals surface area (Å²) in [5.41, 5.74) is 0.910. The second-order valence-corrected chi connectivity index (χ2v) is 8.08. The van der Waals surface area contributed by atoms with Crippen molar-refractivity contribution in [2.24, 2.45) is 0 Å². The van der Waals surface area contributed by atoms with Crippen LogP contribution in [0.2, 0.25) is 0 Å². The van der Waals surface area contributed by atoms with Crippen molar-refractivity contribution in [1.82, 2.24) is 14.7 Å². The molecule has 2 aliphatic rings. The van der Waals surface area contributed by atoms with Crippen LogP contribution in [0.4, 0.5) is 4.79 Å². The summed E-state index contributed by atoms with van der Waals surface area (Å²) in [6.07, 6.45) is 6.32. The Labute approximate surface area is 159 Å². The van der Waals surface area contributed by atoms with E-state index in [0.717, 1.165) is 24.0 Å². The number of benzene rings is 1. The number of ether oxygens (including phenoxy) is 1. The van der Waals surface area contributed by atoms with Crippen LogP contribution < -0.4 is 0 Å². The van der Waals surface area contributed by atoms with Crippen LogP contribution >= 0.6 is 0 Å². The number of amides is 1. The minimum Gasteiger partial charge on any atom is -0.445 e. The molecule has 6 nitrogen and oxygen atoms in total. The smallest absolute Gasteiger partial charge is 0.410 e. The van der Waals surface area contributed by atoms with E-state index in [2.05, 4.69) is 18.9 Å². The van der Waals surface area contributed by atoms with Gasteiger partial charge in [-0.1, -0.05) is 30.3 Å². The van der Waals surface area contributed by atoms with E-state index < -0.39 is 5.60 Å². The molecule has 144 valence electrons. The average molecular weight is 369 g/mol. The molecule has 2 saturated heterocycles. The first-order chi connectivity index (χ1) is 13.0. The van der Waals surface area contributed by atoms with Gasteiger partial charge in [-0.25, -0.2) is 4.79 Å². The minimum atomic E-state index is -0.921. The first-order valence-corrected chi connectivity index (χ1v) is 9.72. The van der Waals surface area contributed by atoms with E-state index in [-0.39, 0.29) is 30.8 Å². The summed E-state index contributed by atoms with van der Waals surface area (Å²) < 4.78 is 7.42. The molecule has 3 heterocycles. The minimum absolute atomic E-state index is 0.0134. The summed E-state index contributed by atoms with van der Waals surface area (Å²) in [4.78, 5) is 14.5. The number of fused-ring (bicyclic) bond motifs is 2. The van der Waals surface area contributed by atoms with Crippen molar-refractivity contribution in [3.63, 3.8) is 0 Å². The van der Waals surface area contributed by atoms with Crippen LogP contribution in [0.5, 0.6) is 0 Å². The van der Waals surface area contributed by atoms with Gasteiger partial charge in [0, 0.05) is 42.7 Å². The Morgan fingerprint density at radius 1 is 1.26 bits per heavy atom. The highest BCUT2D eigenvalue weighted by Gasteiger charge is 2.51. The molecule has 4 rings (SSSR count). The van der Waals surface area contributed by atoms with E-state index in [4.69, 9.17) is 4.74 Å². The van der Waals surface area contributed by atoms with E-state index in [1.165, 1.54) is 0 Å². The largest absolute Gasteiger partial charge is 0.445 e. The van der Waals surface area contributed by atoms with Crippen molar-refractivity contribution >= 4 is 6.09 Å². The summed E-state index contributed by atoms with van der Waals surface area (Å²) in [6, 6.07) is 9.99. The lowest BCUT2D eigenvalue weighted by Gasteiger charge is -2.42. The molecule has 1 aromatic carbocycles. The fraction of sp³-hybridized carbons (Fsp3) is 0.524. The zero-order valence-corrected chi connectivity index (χ0v) is 15.9. The number of rotatable bonds is 4. The molecule has 2 bridgehead atoms. The monoisotopic (exact) mass is 369 g/mol. The molecular weight excluding hydrogens is 342 g/mol. The molecule has 0 spiro atoms. The number of aliphatic hydroxyl groups is 1. The lowest BCUT2D eigenvalue weighted by atomic mass is 9.82. The fourth-order valence-corrected chi connectivity index (χ4v) is 4.41. The van der Waals surface area contributed by atoms with Gasteiger partial charge in [-0.2, -0.15) is 5.10 Å². The van der Waals surface area contributed by atoms with Crippen LogP contribution in [0.3, 0.4) is 0 Å². The van der Waals surface area contributed by atoms with Gasteiger partial charge in [0.2, 0.25) is 0 Å². The van der Waals surface area contributed by atoms with E-state index in [1.807, 2.05) is 46.1 Å². The highest BCUT2D eigenvalue weighted by molar-refractivity contribution is 5.69. The SMILES string of the molecule is CC(C)n1cc(C2(O)CC3CCC(C2)N3C(=O)OCc2ccccc2)cn1. The van der Waals surface area contributed by atoms with E-state index in [0.29, 0.717) is 12.8 Å². The predicted octanol–water partition coefficient (Wildman–Crippen LogP) is 3.62. The summed E-state index contributed by atoms with van der Waals surface area (Å²) >= 11 is 0. The highest BCUT2D eigenvalue weighted by atomic mass is 16.6.